The molecule has 1 aliphatic heterocycles. The van der Waals surface area contributed by atoms with Crippen molar-refractivity contribution in [2.75, 3.05) is 6.61 Å². The van der Waals surface area contributed by atoms with E-state index in [1.54, 1.807) is 0 Å². The summed E-state index contributed by atoms with van der Waals surface area (Å²) in [6.45, 7) is 2.01. The number of fused-ring (bicyclic) bond motifs is 1. The van der Waals surface area contributed by atoms with Crippen molar-refractivity contribution >= 4 is 0 Å². The minimum Gasteiger partial charge on any atom is -0.451 e. The first-order chi connectivity index (χ1) is 6.29. The Morgan fingerprint density at radius 3 is 2.85 bits per heavy atom. The van der Waals surface area contributed by atoms with E-state index in [1.807, 2.05) is 25.1 Å². The molecule has 2 rings (SSSR count). The van der Waals surface area contributed by atoms with E-state index in [4.69, 9.17) is 14.6 Å². The molecule has 0 amide bonds. The zero-order valence-corrected chi connectivity index (χ0v) is 7.49. The quantitative estimate of drug-likeness (QED) is 0.746. The standard InChI is InChI=1S/C10H12O3/c1-7-12-9-3-2-8(4-5-11)6-10(9)13-7/h2-3,6-7,11H,4-5H2,1H3. The van der Waals surface area contributed by atoms with Crippen LogP contribution in [0.4, 0.5) is 0 Å². The van der Waals surface area contributed by atoms with Crippen LogP contribution >= 0.6 is 0 Å². The lowest BCUT2D eigenvalue weighted by atomic mass is 10.1. The molecule has 0 spiro atoms. The Morgan fingerprint density at radius 1 is 1.31 bits per heavy atom. The van der Waals surface area contributed by atoms with E-state index >= 15 is 0 Å². The number of hydrogen-bond donors (Lipinski definition) is 1. The van der Waals surface area contributed by atoms with Crippen molar-refractivity contribution in [2.24, 2.45) is 0 Å². The van der Waals surface area contributed by atoms with Gasteiger partial charge in [0.05, 0.1) is 0 Å². The second-order valence-corrected chi connectivity index (χ2v) is 3.06. The molecule has 1 aliphatic rings. The molecule has 70 valence electrons. The van der Waals surface area contributed by atoms with Gasteiger partial charge in [-0.3, -0.25) is 0 Å². The van der Waals surface area contributed by atoms with E-state index < -0.39 is 0 Å². The second-order valence-electron chi connectivity index (χ2n) is 3.06. The third kappa shape index (κ3) is 1.60. The molecule has 0 fully saturated rings. The molecule has 1 aromatic carbocycles. The largest absolute Gasteiger partial charge is 0.451 e. The van der Waals surface area contributed by atoms with Crippen LogP contribution in [0.3, 0.4) is 0 Å². The van der Waals surface area contributed by atoms with Gasteiger partial charge in [-0.2, -0.15) is 0 Å². The van der Waals surface area contributed by atoms with Crippen LogP contribution in [0.5, 0.6) is 11.5 Å². The lowest BCUT2D eigenvalue weighted by Crippen LogP contribution is -2.11. The Kier molecular flexibility index (Phi) is 2.10. The predicted octanol–water partition coefficient (Wildman–Crippen LogP) is 1.34. The van der Waals surface area contributed by atoms with E-state index in [0.29, 0.717) is 6.42 Å². The fourth-order valence-corrected chi connectivity index (χ4v) is 1.41. The number of rotatable bonds is 2. The van der Waals surface area contributed by atoms with Gasteiger partial charge in [0.25, 0.3) is 0 Å². The Morgan fingerprint density at radius 2 is 2.08 bits per heavy atom. The molecule has 1 aromatic rings. The van der Waals surface area contributed by atoms with Gasteiger partial charge in [0.1, 0.15) is 0 Å². The van der Waals surface area contributed by atoms with Gasteiger partial charge in [0.2, 0.25) is 6.29 Å². The van der Waals surface area contributed by atoms with Gasteiger partial charge >= 0.3 is 0 Å². The highest BCUT2D eigenvalue weighted by Gasteiger charge is 2.19. The van der Waals surface area contributed by atoms with Crippen molar-refractivity contribution in [3.63, 3.8) is 0 Å². The molecule has 1 heterocycles. The minimum absolute atomic E-state index is 0.162. The Labute approximate surface area is 76.9 Å². The van der Waals surface area contributed by atoms with Crippen molar-refractivity contribution < 1.29 is 14.6 Å². The molecule has 13 heavy (non-hydrogen) atoms. The summed E-state index contributed by atoms with van der Waals surface area (Å²) in [4.78, 5) is 0. The SMILES string of the molecule is CC1Oc2ccc(CCO)cc2O1. The second kappa shape index (κ2) is 3.26. The van der Waals surface area contributed by atoms with Gasteiger partial charge in [-0.15, -0.1) is 0 Å². The van der Waals surface area contributed by atoms with E-state index in [2.05, 4.69) is 0 Å². The van der Waals surface area contributed by atoms with Crippen LogP contribution in [0, 0.1) is 0 Å². The Hall–Kier alpha value is -1.22. The summed E-state index contributed by atoms with van der Waals surface area (Å²) in [5.41, 5.74) is 1.07. The highest BCUT2D eigenvalue weighted by atomic mass is 16.7. The van der Waals surface area contributed by atoms with Gasteiger partial charge < -0.3 is 14.6 Å². The molecule has 0 aromatic heterocycles. The van der Waals surface area contributed by atoms with E-state index in [1.165, 1.54) is 0 Å². The summed E-state index contributed by atoms with van der Waals surface area (Å²) in [6.07, 6.45) is 0.463. The van der Waals surface area contributed by atoms with E-state index in [9.17, 15) is 0 Å². The minimum atomic E-state index is -0.195. The van der Waals surface area contributed by atoms with Crippen molar-refractivity contribution in [1.82, 2.24) is 0 Å². The van der Waals surface area contributed by atoms with Gasteiger partial charge in [-0.1, -0.05) is 6.07 Å². The molecule has 1 N–H and O–H groups in total. The van der Waals surface area contributed by atoms with Crippen LogP contribution < -0.4 is 9.47 Å². The fourth-order valence-electron chi connectivity index (χ4n) is 1.41. The van der Waals surface area contributed by atoms with Crippen LogP contribution in [-0.2, 0) is 6.42 Å². The zero-order valence-electron chi connectivity index (χ0n) is 7.49. The maximum Gasteiger partial charge on any atom is 0.238 e. The summed E-state index contributed by atoms with van der Waals surface area (Å²) in [7, 11) is 0. The van der Waals surface area contributed by atoms with Crippen molar-refractivity contribution in [1.29, 1.82) is 0 Å². The number of hydrogen-bond acceptors (Lipinski definition) is 3. The molecule has 0 radical (unpaired) electrons. The Bertz CT molecular complexity index is 309. The van der Waals surface area contributed by atoms with Crippen LogP contribution in [0.15, 0.2) is 18.2 Å². The van der Waals surface area contributed by atoms with Gasteiger partial charge in [0, 0.05) is 13.5 Å². The normalized spacial score (nSPS) is 19.1. The van der Waals surface area contributed by atoms with Crippen molar-refractivity contribution in [2.45, 2.75) is 19.6 Å². The first-order valence-corrected chi connectivity index (χ1v) is 4.36. The van der Waals surface area contributed by atoms with Crippen LogP contribution in [0.1, 0.15) is 12.5 Å². The first-order valence-electron chi connectivity index (χ1n) is 4.36. The van der Waals surface area contributed by atoms with Gasteiger partial charge in [0.15, 0.2) is 11.5 Å². The third-order valence-electron chi connectivity index (χ3n) is 1.99. The lowest BCUT2D eigenvalue weighted by Gasteiger charge is -2.00. The summed E-state index contributed by atoms with van der Waals surface area (Å²) < 4.78 is 10.7. The molecular formula is C10H12O3. The maximum atomic E-state index is 8.75. The van der Waals surface area contributed by atoms with Crippen LogP contribution in [0.25, 0.3) is 0 Å². The van der Waals surface area contributed by atoms with E-state index in [0.717, 1.165) is 17.1 Å². The third-order valence-corrected chi connectivity index (χ3v) is 1.99. The van der Waals surface area contributed by atoms with E-state index in [-0.39, 0.29) is 12.9 Å². The molecule has 3 heteroatoms. The molecule has 0 saturated heterocycles. The molecule has 0 saturated carbocycles. The smallest absolute Gasteiger partial charge is 0.238 e. The molecule has 1 atom stereocenters. The number of ether oxygens (including phenoxy) is 2. The predicted molar refractivity (Wildman–Crippen MR) is 47.9 cm³/mol. The summed E-state index contributed by atoms with van der Waals surface area (Å²) in [5.74, 6) is 1.56. The van der Waals surface area contributed by atoms with Gasteiger partial charge in [-0.25, -0.2) is 0 Å². The molecule has 3 nitrogen and oxygen atoms in total. The molecule has 0 aliphatic carbocycles. The molecule has 1 unspecified atom stereocenters. The first kappa shape index (κ1) is 8.38. The summed E-state index contributed by atoms with van der Waals surface area (Å²) >= 11 is 0. The fraction of sp³-hybridized carbons (Fsp3) is 0.400. The zero-order chi connectivity index (χ0) is 9.26. The summed E-state index contributed by atoms with van der Waals surface area (Å²) in [5, 5.41) is 8.75. The molecular weight excluding hydrogens is 168 g/mol. The van der Waals surface area contributed by atoms with Crippen molar-refractivity contribution in [3.05, 3.63) is 23.8 Å². The maximum absolute atomic E-state index is 8.75. The average molecular weight is 180 g/mol. The number of benzene rings is 1. The van der Waals surface area contributed by atoms with Crippen LogP contribution in [-0.4, -0.2) is 18.0 Å². The average Bonchev–Trinajstić information content (AvgIpc) is 2.44. The number of aliphatic hydroxyl groups is 1. The lowest BCUT2D eigenvalue weighted by molar-refractivity contribution is 0.0678. The topological polar surface area (TPSA) is 38.7 Å². The highest BCUT2D eigenvalue weighted by Crippen LogP contribution is 2.35. The van der Waals surface area contributed by atoms with Crippen LogP contribution in [0.2, 0.25) is 0 Å². The molecule has 0 bridgehead atoms. The van der Waals surface area contributed by atoms with Crippen molar-refractivity contribution in [3.8, 4) is 11.5 Å². The monoisotopic (exact) mass is 180 g/mol. The highest BCUT2D eigenvalue weighted by molar-refractivity contribution is 5.44. The summed E-state index contributed by atoms with van der Waals surface area (Å²) in [6, 6.07) is 5.73. The number of aliphatic hydroxyl groups excluding tert-OH is 1. The Balaban J connectivity index is 2.24. The van der Waals surface area contributed by atoms with Gasteiger partial charge in [-0.05, 0) is 24.1 Å².